The van der Waals surface area contributed by atoms with E-state index < -0.39 is 0 Å². The van der Waals surface area contributed by atoms with Crippen LogP contribution in [-0.2, 0) is 4.74 Å². The molecule has 0 bridgehead atoms. The average Bonchev–Trinajstić information content (AvgIpc) is 2.25. The van der Waals surface area contributed by atoms with Gasteiger partial charge in [0, 0.05) is 25.8 Å². The van der Waals surface area contributed by atoms with Gasteiger partial charge in [0.25, 0.3) is 0 Å². The molecule has 1 unspecified atom stereocenters. The van der Waals surface area contributed by atoms with Crippen molar-refractivity contribution < 1.29 is 4.74 Å². The summed E-state index contributed by atoms with van der Waals surface area (Å²) < 4.78 is 5.27. The van der Waals surface area contributed by atoms with E-state index in [1.165, 1.54) is 25.8 Å². The fourth-order valence-electron chi connectivity index (χ4n) is 1.82. The minimum absolute atomic E-state index is 0.704. The van der Waals surface area contributed by atoms with E-state index >= 15 is 0 Å². The first-order valence-corrected chi connectivity index (χ1v) is 5.95. The van der Waals surface area contributed by atoms with Crippen LogP contribution in [0.4, 0.5) is 0 Å². The second-order valence-corrected chi connectivity index (χ2v) is 3.90. The van der Waals surface area contributed by atoms with E-state index in [9.17, 15) is 0 Å². The van der Waals surface area contributed by atoms with Gasteiger partial charge in [-0.15, -0.1) is 0 Å². The molecule has 3 nitrogen and oxygen atoms in total. The molecule has 1 aliphatic heterocycles. The summed E-state index contributed by atoms with van der Waals surface area (Å²) in [7, 11) is 0. The van der Waals surface area contributed by atoms with Gasteiger partial charge < -0.3 is 15.4 Å². The highest BCUT2D eigenvalue weighted by atomic mass is 16.5. The predicted molar refractivity (Wildman–Crippen MR) is 59.6 cm³/mol. The van der Waals surface area contributed by atoms with Crippen LogP contribution in [0.25, 0.3) is 0 Å². The van der Waals surface area contributed by atoms with Gasteiger partial charge in [-0.25, -0.2) is 0 Å². The largest absolute Gasteiger partial charge is 0.382 e. The first-order valence-electron chi connectivity index (χ1n) is 5.95. The van der Waals surface area contributed by atoms with Crippen LogP contribution >= 0.6 is 0 Å². The molecule has 1 saturated heterocycles. The quantitative estimate of drug-likeness (QED) is 0.605. The zero-order valence-electron chi connectivity index (χ0n) is 9.35. The van der Waals surface area contributed by atoms with Crippen molar-refractivity contribution in [2.45, 2.75) is 38.6 Å². The van der Waals surface area contributed by atoms with Gasteiger partial charge in [-0.2, -0.15) is 0 Å². The average molecular weight is 200 g/mol. The van der Waals surface area contributed by atoms with E-state index in [1.54, 1.807) is 0 Å². The molecule has 2 N–H and O–H groups in total. The lowest BCUT2D eigenvalue weighted by Gasteiger charge is -2.23. The molecule has 84 valence electrons. The summed E-state index contributed by atoms with van der Waals surface area (Å²) in [5.74, 6) is 0. The van der Waals surface area contributed by atoms with Gasteiger partial charge >= 0.3 is 0 Å². The molecule has 0 saturated carbocycles. The monoisotopic (exact) mass is 200 g/mol. The summed E-state index contributed by atoms with van der Waals surface area (Å²) in [5, 5.41) is 7.00. The van der Waals surface area contributed by atoms with Gasteiger partial charge in [-0.1, -0.05) is 6.42 Å². The molecule has 3 heteroatoms. The van der Waals surface area contributed by atoms with Crippen LogP contribution in [0.1, 0.15) is 32.6 Å². The van der Waals surface area contributed by atoms with Gasteiger partial charge in [-0.05, 0) is 39.3 Å². The molecule has 1 heterocycles. The van der Waals surface area contributed by atoms with E-state index in [0.717, 1.165) is 32.7 Å². The Balaban J connectivity index is 1.82. The third kappa shape index (κ3) is 5.58. The highest BCUT2D eigenvalue weighted by Crippen LogP contribution is 2.05. The minimum atomic E-state index is 0.704. The predicted octanol–water partition coefficient (Wildman–Crippen LogP) is 1.14. The van der Waals surface area contributed by atoms with E-state index in [4.69, 9.17) is 4.74 Å². The molecule has 0 aliphatic carbocycles. The van der Waals surface area contributed by atoms with Crippen LogP contribution in [0.15, 0.2) is 0 Å². The summed E-state index contributed by atoms with van der Waals surface area (Å²) in [6.45, 7) is 7.17. The Hall–Kier alpha value is -0.120. The maximum atomic E-state index is 5.27. The van der Waals surface area contributed by atoms with Crippen LogP contribution in [0.3, 0.4) is 0 Å². The lowest BCUT2D eigenvalue weighted by molar-refractivity contribution is 0.144. The summed E-state index contributed by atoms with van der Waals surface area (Å²) in [6.07, 6.45) is 5.19. The second-order valence-electron chi connectivity index (χ2n) is 3.90. The van der Waals surface area contributed by atoms with Crippen molar-refractivity contribution >= 4 is 0 Å². The van der Waals surface area contributed by atoms with Crippen molar-refractivity contribution in [2.24, 2.45) is 0 Å². The Bertz CT molecular complexity index is 124. The first kappa shape index (κ1) is 12.0. The zero-order chi connectivity index (χ0) is 10.1. The number of hydrogen-bond acceptors (Lipinski definition) is 3. The maximum Gasteiger partial charge on any atom is 0.0477 e. The zero-order valence-corrected chi connectivity index (χ0v) is 9.35. The number of ether oxygens (including phenoxy) is 1. The molecule has 0 radical (unpaired) electrons. The normalized spacial score (nSPS) is 22.5. The van der Waals surface area contributed by atoms with Crippen LogP contribution in [0.5, 0.6) is 0 Å². The van der Waals surface area contributed by atoms with Gasteiger partial charge in [-0.3, -0.25) is 0 Å². The molecule has 1 fully saturated rings. The molecule has 1 atom stereocenters. The Morgan fingerprint density at radius 3 is 3.07 bits per heavy atom. The number of hydrogen-bond donors (Lipinski definition) is 2. The number of piperidine rings is 1. The van der Waals surface area contributed by atoms with Crippen molar-refractivity contribution in [3.05, 3.63) is 0 Å². The molecular weight excluding hydrogens is 176 g/mol. The summed E-state index contributed by atoms with van der Waals surface area (Å²) in [4.78, 5) is 0. The minimum Gasteiger partial charge on any atom is -0.382 e. The van der Waals surface area contributed by atoms with E-state index in [2.05, 4.69) is 10.6 Å². The summed E-state index contributed by atoms with van der Waals surface area (Å²) >= 11 is 0. The van der Waals surface area contributed by atoms with Gasteiger partial charge in [0.15, 0.2) is 0 Å². The summed E-state index contributed by atoms with van der Waals surface area (Å²) in [6, 6.07) is 0.704. The molecule has 0 amide bonds. The lowest BCUT2D eigenvalue weighted by atomic mass is 10.1. The third-order valence-corrected chi connectivity index (χ3v) is 2.65. The van der Waals surface area contributed by atoms with Crippen molar-refractivity contribution in [2.75, 3.05) is 32.8 Å². The molecule has 14 heavy (non-hydrogen) atoms. The second kappa shape index (κ2) is 8.21. The Kier molecular flexibility index (Phi) is 7.01. The van der Waals surface area contributed by atoms with Crippen molar-refractivity contribution in [1.29, 1.82) is 0 Å². The topological polar surface area (TPSA) is 33.3 Å². The fraction of sp³-hybridized carbons (Fsp3) is 1.00. The Labute approximate surface area is 87.6 Å². The van der Waals surface area contributed by atoms with Crippen LogP contribution in [-0.4, -0.2) is 38.9 Å². The van der Waals surface area contributed by atoms with Crippen LogP contribution in [0.2, 0.25) is 0 Å². The fourth-order valence-corrected chi connectivity index (χ4v) is 1.82. The Morgan fingerprint density at radius 2 is 2.36 bits per heavy atom. The smallest absolute Gasteiger partial charge is 0.0477 e. The standard InChI is InChI=1S/C11H24N2O/c1-2-14-9-5-7-12-10-11-6-3-4-8-13-11/h11-13H,2-10H2,1H3. The van der Waals surface area contributed by atoms with Gasteiger partial charge in [0.05, 0.1) is 0 Å². The highest BCUT2D eigenvalue weighted by Gasteiger charge is 2.10. The van der Waals surface area contributed by atoms with Crippen molar-refractivity contribution in [1.82, 2.24) is 10.6 Å². The van der Waals surface area contributed by atoms with E-state index in [-0.39, 0.29) is 0 Å². The molecular formula is C11H24N2O. The highest BCUT2D eigenvalue weighted by molar-refractivity contribution is 4.73. The number of rotatable bonds is 7. The van der Waals surface area contributed by atoms with Gasteiger partial charge in [0.1, 0.15) is 0 Å². The lowest BCUT2D eigenvalue weighted by Crippen LogP contribution is -2.42. The van der Waals surface area contributed by atoms with Crippen molar-refractivity contribution in [3.8, 4) is 0 Å². The molecule has 0 aromatic heterocycles. The van der Waals surface area contributed by atoms with Crippen LogP contribution < -0.4 is 10.6 Å². The molecule has 0 aromatic carbocycles. The maximum absolute atomic E-state index is 5.27. The SMILES string of the molecule is CCOCCCNCC1CCCCN1. The van der Waals surface area contributed by atoms with E-state index in [0.29, 0.717) is 6.04 Å². The Morgan fingerprint density at radius 1 is 1.43 bits per heavy atom. The third-order valence-electron chi connectivity index (χ3n) is 2.65. The first-order chi connectivity index (χ1) is 6.93. The van der Waals surface area contributed by atoms with E-state index in [1.807, 2.05) is 6.92 Å². The molecule has 0 spiro atoms. The molecule has 0 aromatic rings. The molecule has 1 aliphatic rings. The van der Waals surface area contributed by atoms with Crippen molar-refractivity contribution in [3.63, 3.8) is 0 Å². The number of nitrogens with one attached hydrogen (secondary N) is 2. The molecule has 1 rings (SSSR count). The van der Waals surface area contributed by atoms with Gasteiger partial charge in [0.2, 0.25) is 0 Å². The van der Waals surface area contributed by atoms with Crippen LogP contribution in [0, 0.1) is 0 Å². The summed E-state index contributed by atoms with van der Waals surface area (Å²) in [5.41, 5.74) is 0.